The molecule has 1 unspecified atom stereocenters. The number of carboxylic acid groups (broad SMARTS) is 1. The van der Waals surface area contributed by atoms with Crippen LogP contribution in [0.25, 0.3) is 0 Å². The highest BCUT2D eigenvalue weighted by Gasteiger charge is 2.41. The number of rotatable bonds is 6. The van der Waals surface area contributed by atoms with Crippen molar-refractivity contribution in [2.24, 2.45) is 0 Å². The first-order chi connectivity index (χ1) is 7.17. The summed E-state index contributed by atoms with van der Waals surface area (Å²) in [7, 11) is 0. The van der Waals surface area contributed by atoms with E-state index >= 15 is 0 Å². The standard InChI is InChI=1S/C9H16N4O2/c1-3-5-6-9(4-2,8(14)15)7-10-12-13-11-7/h3-6H2,1-2H3,(H,14,15)(H,10,11,12,13). The van der Waals surface area contributed by atoms with E-state index in [1.54, 1.807) is 0 Å². The number of hydrogen-bond donors (Lipinski definition) is 2. The molecular weight excluding hydrogens is 196 g/mol. The van der Waals surface area contributed by atoms with E-state index in [0.717, 1.165) is 12.8 Å². The maximum absolute atomic E-state index is 11.3. The van der Waals surface area contributed by atoms with Gasteiger partial charge in [0.25, 0.3) is 0 Å². The molecule has 2 N–H and O–H groups in total. The molecule has 0 amide bonds. The van der Waals surface area contributed by atoms with Crippen molar-refractivity contribution in [2.45, 2.75) is 44.9 Å². The van der Waals surface area contributed by atoms with Gasteiger partial charge in [0.15, 0.2) is 5.82 Å². The quantitative estimate of drug-likeness (QED) is 0.737. The average Bonchev–Trinajstić information content (AvgIpc) is 2.73. The zero-order valence-electron chi connectivity index (χ0n) is 9.03. The molecule has 1 heterocycles. The van der Waals surface area contributed by atoms with Crippen molar-refractivity contribution in [2.75, 3.05) is 0 Å². The third-order valence-corrected chi connectivity index (χ3v) is 2.74. The van der Waals surface area contributed by atoms with Crippen molar-refractivity contribution in [3.63, 3.8) is 0 Å². The molecule has 1 atom stereocenters. The number of H-pyrrole nitrogens is 1. The fourth-order valence-electron chi connectivity index (χ4n) is 1.64. The molecule has 0 aliphatic rings. The topological polar surface area (TPSA) is 91.8 Å². The van der Waals surface area contributed by atoms with E-state index in [0.29, 0.717) is 12.8 Å². The predicted molar refractivity (Wildman–Crippen MR) is 53.3 cm³/mol. The van der Waals surface area contributed by atoms with Gasteiger partial charge in [0, 0.05) is 0 Å². The Hall–Kier alpha value is -1.46. The molecule has 1 aromatic rings. The van der Waals surface area contributed by atoms with Gasteiger partial charge < -0.3 is 5.11 Å². The van der Waals surface area contributed by atoms with E-state index in [1.165, 1.54) is 0 Å². The van der Waals surface area contributed by atoms with Gasteiger partial charge in [-0.2, -0.15) is 5.21 Å². The van der Waals surface area contributed by atoms with E-state index in [1.807, 2.05) is 13.8 Å². The van der Waals surface area contributed by atoms with Crippen molar-refractivity contribution >= 4 is 5.97 Å². The molecule has 0 aromatic carbocycles. The van der Waals surface area contributed by atoms with Gasteiger partial charge in [-0.25, -0.2) is 0 Å². The zero-order chi connectivity index (χ0) is 11.3. The van der Waals surface area contributed by atoms with Gasteiger partial charge in [-0.1, -0.05) is 31.9 Å². The summed E-state index contributed by atoms with van der Waals surface area (Å²) in [6.45, 7) is 3.86. The number of tetrazole rings is 1. The first kappa shape index (κ1) is 11.6. The molecule has 6 nitrogen and oxygen atoms in total. The van der Waals surface area contributed by atoms with Crippen molar-refractivity contribution in [1.82, 2.24) is 20.6 Å². The van der Waals surface area contributed by atoms with Gasteiger partial charge >= 0.3 is 5.97 Å². The van der Waals surface area contributed by atoms with Gasteiger partial charge in [0.1, 0.15) is 5.41 Å². The van der Waals surface area contributed by atoms with E-state index in [4.69, 9.17) is 0 Å². The van der Waals surface area contributed by atoms with Gasteiger partial charge in [-0.05, 0) is 12.8 Å². The Morgan fingerprint density at radius 2 is 2.27 bits per heavy atom. The number of unbranched alkanes of at least 4 members (excludes halogenated alkanes) is 1. The molecule has 0 fully saturated rings. The van der Waals surface area contributed by atoms with E-state index < -0.39 is 11.4 Å². The van der Waals surface area contributed by atoms with Crippen LogP contribution in [0.3, 0.4) is 0 Å². The molecule has 0 aliphatic carbocycles. The zero-order valence-corrected chi connectivity index (χ0v) is 9.03. The van der Waals surface area contributed by atoms with Gasteiger partial charge in [0.05, 0.1) is 0 Å². The minimum Gasteiger partial charge on any atom is -0.480 e. The van der Waals surface area contributed by atoms with Crippen LogP contribution in [0.4, 0.5) is 0 Å². The van der Waals surface area contributed by atoms with Crippen LogP contribution in [0.2, 0.25) is 0 Å². The summed E-state index contributed by atoms with van der Waals surface area (Å²) in [5, 5.41) is 22.6. The number of carboxylic acids is 1. The summed E-state index contributed by atoms with van der Waals surface area (Å²) in [6, 6.07) is 0. The lowest BCUT2D eigenvalue weighted by atomic mass is 9.79. The molecule has 1 rings (SSSR count). The largest absolute Gasteiger partial charge is 0.480 e. The second-order valence-electron chi connectivity index (χ2n) is 3.58. The van der Waals surface area contributed by atoms with Crippen LogP contribution in [0.5, 0.6) is 0 Å². The van der Waals surface area contributed by atoms with Crippen LogP contribution in [0, 0.1) is 0 Å². The van der Waals surface area contributed by atoms with Crippen molar-refractivity contribution in [1.29, 1.82) is 0 Å². The van der Waals surface area contributed by atoms with Crippen LogP contribution >= 0.6 is 0 Å². The molecule has 0 aliphatic heterocycles. The number of hydrogen-bond acceptors (Lipinski definition) is 4. The molecule has 0 saturated carbocycles. The second-order valence-corrected chi connectivity index (χ2v) is 3.58. The second kappa shape index (κ2) is 4.86. The van der Waals surface area contributed by atoms with Crippen molar-refractivity contribution in [3.8, 4) is 0 Å². The minimum atomic E-state index is -0.983. The Kier molecular flexibility index (Phi) is 3.76. The molecule has 0 spiro atoms. The monoisotopic (exact) mass is 212 g/mol. The minimum absolute atomic E-state index is 0.283. The van der Waals surface area contributed by atoms with E-state index in [2.05, 4.69) is 20.6 Å². The molecule has 0 bridgehead atoms. The number of nitrogens with one attached hydrogen (secondary N) is 1. The maximum atomic E-state index is 11.3. The molecule has 0 saturated heterocycles. The SMILES string of the molecule is CCCCC(CC)(C(=O)O)c1nn[nH]n1. The molecule has 84 valence electrons. The van der Waals surface area contributed by atoms with Crippen molar-refractivity contribution in [3.05, 3.63) is 5.82 Å². The Balaban J connectivity index is 2.99. The predicted octanol–water partition coefficient (Wildman–Crippen LogP) is 1.12. The lowest BCUT2D eigenvalue weighted by Gasteiger charge is -2.23. The highest BCUT2D eigenvalue weighted by Crippen LogP contribution is 2.30. The number of aromatic amines is 1. The fraction of sp³-hybridized carbons (Fsp3) is 0.778. The van der Waals surface area contributed by atoms with Gasteiger partial charge in [-0.15, -0.1) is 10.2 Å². The maximum Gasteiger partial charge on any atom is 0.317 e. The molecular formula is C9H16N4O2. The lowest BCUT2D eigenvalue weighted by Crippen LogP contribution is -2.36. The smallest absolute Gasteiger partial charge is 0.317 e. The lowest BCUT2D eigenvalue weighted by molar-refractivity contribution is -0.144. The Morgan fingerprint density at radius 3 is 2.67 bits per heavy atom. The average molecular weight is 212 g/mol. The number of aromatic nitrogens is 4. The molecule has 15 heavy (non-hydrogen) atoms. The number of carbonyl (C=O) groups is 1. The fourth-order valence-corrected chi connectivity index (χ4v) is 1.64. The first-order valence-electron chi connectivity index (χ1n) is 5.14. The van der Waals surface area contributed by atoms with Crippen LogP contribution in [-0.4, -0.2) is 31.7 Å². The summed E-state index contributed by atoms with van der Waals surface area (Å²) < 4.78 is 0. The van der Waals surface area contributed by atoms with Crippen LogP contribution in [0.15, 0.2) is 0 Å². The van der Waals surface area contributed by atoms with E-state index in [9.17, 15) is 9.90 Å². The molecule has 6 heteroatoms. The Morgan fingerprint density at radius 1 is 1.53 bits per heavy atom. The van der Waals surface area contributed by atoms with Crippen molar-refractivity contribution < 1.29 is 9.90 Å². The van der Waals surface area contributed by atoms with Crippen LogP contribution in [-0.2, 0) is 10.2 Å². The summed E-state index contributed by atoms with van der Waals surface area (Å²) >= 11 is 0. The van der Waals surface area contributed by atoms with Crippen LogP contribution < -0.4 is 0 Å². The highest BCUT2D eigenvalue weighted by molar-refractivity contribution is 5.79. The third-order valence-electron chi connectivity index (χ3n) is 2.74. The molecule has 0 radical (unpaired) electrons. The summed E-state index contributed by atoms with van der Waals surface area (Å²) in [5.74, 6) is -0.592. The highest BCUT2D eigenvalue weighted by atomic mass is 16.4. The number of nitrogens with zero attached hydrogens (tertiary/aromatic N) is 3. The number of aliphatic carboxylic acids is 1. The summed E-state index contributed by atoms with van der Waals surface area (Å²) in [5.41, 5.74) is -0.983. The normalized spacial score (nSPS) is 14.8. The Labute approximate surface area is 88.1 Å². The first-order valence-corrected chi connectivity index (χ1v) is 5.14. The Bertz CT molecular complexity index is 312. The van der Waals surface area contributed by atoms with Crippen LogP contribution in [0.1, 0.15) is 45.4 Å². The summed E-state index contributed by atoms with van der Waals surface area (Å²) in [6.07, 6.45) is 2.82. The summed E-state index contributed by atoms with van der Waals surface area (Å²) in [4.78, 5) is 11.3. The van der Waals surface area contributed by atoms with Gasteiger partial charge in [-0.3, -0.25) is 4.79 Å². The third kappa shape index (κ3) is 2.14. The van der Waals surface area contributed by atoms with Gasteiger partial charge in [0.2, 0.25) is 0 Å². The molecule has 1 aromatic heterocycles. The van der Waals surface area contributed by atoms with E-state index in [-0.39, 0.29) is 5.82 Å².